The molecule has 3 heterocycles. The minimum Gasteiger partial charge on any atom is -0.497 e. The third-order valence-electron chi connectivity index (χ3n) is 4.63. The highest BCUT2D eigenvalue weighted by atomic mass is 16.5. The van der Waals surface area contributed by atoms with Crippen molar-refractivity contribution in [2.75, 3.05) is 13.7 Å². The second-order valence-electron chi connectivity index (χ2n) is 6.81. The van der Waals surface area contributed by atoms with Crippen LogP contribution in [-0.2, 0) is 0 Å². The summed E-state index contributed by atoms with van der Waals surface area (Å²) in [7, 11) is 1.63. The summed E-state index contributed by atoms with van der Waals surface area (Å²) in [6, 6.07) is 11.1. The van der Waals surface area contributed by atoms with Crippen molar-refractivity contribution in [2.45, 2.75) is 12.8 Å². The van der Waals surface area contributed by atoms with Gasteiger partial charge in [0.1, 0.15) is 5.75 Å². The molecule has 0 radical (unpaired) electrons. The number of nitrogens with zero attached hydrogens (tertiary/aromatic N) is 6. The summed E-state index contributed by atoms with van der Waals surface area (Å²) < 4.78 is 17.8. The summed E-state index contributed by atoms with van der Waals surface area (Å²) in [4.78, 5) is 8.71. The predicted molar refractivity (Wildman–Crippen MR) is 103 cm³/mol. The van der Waals surface area contributed by atoms with Crippen LogP contribution in [0.1, 0.15) is 12.8 Å². The first kappa shape index (κ1) is 17.4. The van der Waals surface area contributed by atoms with Gasteiger partial charge in [0.15, 0.2) is 5.69 Å². The summed E-state index contributed by atoms with van der Waals surface area (Å²) in [5.41, 5.74) is 2.06. The Bertz CT molecular complexity index is 1100. The normalized spacial score (nSPS) is 13.4. The Labute approximate surface area is 166 Å². The number of aromatic nitrogens is 6. The van der Waals surface area contributed by atoms with E-state index in [0.29, 0.717) is 23.3 Å². The summed E-state index contributed by atoms with van der Waals surface area (Å²) in [5, 5.41) is 12.3. The van der Waals surface area contributed by atoms with E-state index in [-0.39, 0.29) is 5.89 Å². The molecule has 0 bridgehead atoms. The molecule has 9 heteroatoms. The zero-order chi connectivity index (χ0) is 19.6. The lowest BCUT2D eigenvalue weighted by Crippen LogP contribution is -2.00. The van der Waals surface area contributed by atoms with E-state index >= 15 is 0 Å². The number of rotatable bonds is 7. The average molecular weight is 390 g/mol. The van der Waals surface area contributed by atoms with Crippen LogP contribution < -0.4 is 9.47 Å². The van der Waals surface area contributed by atoms with Gasteiger partial charge in [-0.1, -0.05) is 10.4 Å². The summed E-state index contributed by atoms with van der Waals surface area (Å²) in [5.74, 6) is 2.77. The van der Waals surface area contributed by atoms with Crippen LogP contribution in [0.15, 0.2) is 53.3 Å². The van der Waals surface area contributed by atoms with Crippen LogP contribution in [0.25, 0.3) is 28.7 Å². The smallest absolute Gasteiger partial charge is 0.280 e. The molecule has 0 atom stereocenters. The Morgan fingerprint density at radius 3 is 2.72 bits per heavy atom. The number of hydrogen-bond donors (Lipinski definition) is 0. The Morgan fingerprint density at radius 2 is 2.00 bits per heavy atom. The number of pyridine rings is 1. The Kier molecular flexibility index (Phi) is 4.39. The molecule has 1 saturated carbocycles. The molecular weight excluding hydrogens is 372 g/mol. The van der Waals surface area contributed by atoms with Crippen LogP contribution in [0.3, 0.4) is 0 Å². The fourth-order valence-corrected chi connectivity index (χ4v) is 2.75. The van der Waals surface area contributed by atoms with Gasteiger partial charge in [-0.05, 0) is 49.1 Å². The highest BCUT2D eigenvalue weighted by Gasteiger charge is 2.22. The average Bonchev–Trinajstić information content (AvgIpc) is 3.26. The van der Waals surface area contributed by atoms with Gasteiger partial charge >= 0.3 is 0 Å². The fraction of sp³-hybridized carbons (Fsp3) is 0.250. The monoisotopic (exact) mass is 390 g/mol. The van der Waals surface area contributed by atoms with Gasteiger partial charge in [0.2, 0.25) is 11.7 Å². The molecular formula is C20H18N6O3. The lowest BCUT2D eigenvalue weighted by molar-refractivity contribution is 0.288. The molecule has 0 saturated heterocycles. The van der Waals surface area contributed by atoms with Crippen LogP contribution in [0.5, 0.6) is 11.6 Å². The number of ether oxygens (including phenoxy) is 2. The van der Waals surface area contributed by atoms with Gasteiger partial charge in [-0.2, -0.15) is 4.98 Å². The molecule has 0 N–H and O–H groups in total. The standard InChI is InChI=1S/C20H18N6O3/c1-27-16-7-5-15(6-8-16)26-11-17(23-25-26)20-22-19(24-29-20)14-4-9-18(21-10-14)28-12-13-2-3-13/h4-11,13H,2-3,12H2,1H3. The summed E-state index contributed by atoms with van der Waals surface area (Å²) in [6.07, 6.45) is 5.89. The van der Waals surface area contributed by atoms with Crippen LogP contribution in [0.2, 0.25) is 0 Å². The van der Waals surface area contributed by atoms with Crippen LogP contribution in [-0.4, -0.2) is 43.8 Å². The molecule has 0 aliphatic heterocycles. The second kappa shape index (κ2) is 7.34. The van der Waals surface area contributed by atoms with Crippen molar-refractivity contribution < 1.29 is 14.0 Å². The van der Waals surface area contributed by atoms with Gasteiger partial charge in [0, 0.05) is 17.8 Å². The fourth-order valence-electron chi connectivity index (χ4n) is 2.75. The lowest BCUT2D eigenvalue weighted by Gasteiger charge is -2.03. The predicted octanol–water partition coefficient (Wildman–Crippen LogP) is 3.18. The SMILES string of the molecule is COc1ccc(-n2cc(-c3nc(-c4ccc(OCC5CC5)nc4)no3)nn2)cc1. The zero-order valence-electron chi connectivity index (χ0n) is 15.7. The minimum atomic E-state index is 0.286. The molecule has 29 heavy (non-hydrogen) atoms. The highest BCUT2D eigenvalue weighted by Crippen LogP contribution is 2.29. The largest absolute Gasteiger partial charge is 0.497 e. The van der Waals surface area contributed by atoms with E-state index in [1.165, 1.54) is 12.8 Å². The molecule has 1 aliphatic carbocycles. The van der Waals surface area contributed by atoms with Crippen molar-refractivity contribution in [1.29, 1.82) is 0 Å². The van der Waals surface area contributed by atoms with Crippen molar-refractivity contribution in [3.63, 3.8) is 0 Å². The molecule has 0 amide bonds. The van der Waals surface area contributed by atoms with Gasteiger partial charge in [0.05, 0.1) is 25.6 Å². The number of benzene rings is 1. The second-order valence-corrected chi connectivity index (χ2v) is 6.81. The molecule has 9 nitrogen and oxygen atoms in total. The Morgan fingerprint density at radius 1 is 1.14 bits per heavy atom. The lowest BCUT2D eigenvalue weighted by atomic mass is 10.3. The third kappa shape index (κ3) is 3.79. The van der Waals surface area contributed by atoms with E-state index in [4.69, 9.17) is 14.0 Å². The zero-order valence-corrected chi connectivity index (χ0v) is 15.7. The van der Waals surface area contributed by atoms with E-state index in [0.717, 1.165) is 23.6 Å². The maximum Gasteiger partial charge on any atom is 0.280 e. The Balaban J connectivity index is 1.31. The Hall–Kier alpha value is -3.75. The highest BCUT2D eigenvalue weighted by molar-refractivity contribution is 5.57. The van der Waals surface area contributed by atoms with E-state index in [9.17, 15) is 0 Å². The van der Waals surface area contributed by atoms with Crippen molar-refractivity contribution in [2.24, 2.45) is 5.92 Å². The van der Waals surface area contributed by atoms with Gasteiger partial charge in [-0.3, -0.25) is 0 Å². The molecule has 3 aromatic heterocycles. The van der Waals surface area contributed by atoms with Gasteiger partial charge < -0.3 is 14.0 Å². The summed E-state index contributed by atoms with van der Waals surface area (Å²) in [6.45, 7) is 0.725. The first-order valence-electron chi connectivity index (χ1n) is 9.28. The first-order chi connectivity index (χ1) is 14.3. The maximum atomic E-state index is 5.65. The van der Waals surface area contributed by atoms with Crippen LogP contribution in [0, 0.1) is 5.92 Å². The topological polar surface area (TPSA) is 101 Å². The van der Waals surface area contributed by atoms with Crippen LogP contribution >= 0.6 is 0 Å². The van der Waals surface area contributed by atoms with Crippen LogP contribution in [0.4, 0.5) is 0 Å². The molecule has 0 spiro atoms. The quantitative estimate of drug-likeness (QED) is 0.474. The van der Waals surface area contributed by atoms with Crippen molar-refractivity contribution in [3.05, 3.63) is 48.8 Å². The van der Waals surface area contributed by atoms with Gasteiger partial charge in [-0.25, -0.2) is 9.67 Å². The molecule has 1 aromatic carbocycles. The molecule has 5 rings (SSSR count). The van der Waals surface area contributed by atoms with Crippen molar-refractivity contribution in [3.8, 4) is 40.3 Å². The molecule has 4 aromatic rings. The molecule has 0 unspecified atom stereocenters. The summed E-state index contributed by atoms with van der Waals surface area (Å²) >= 11 is 0. The van der Waals surface area contributed by atoms with Gasteiger partial charge in [0.25, 0.3) is 5.89 Å². The van der Waals surface area contributed by atoms with Gasteiger partial charge in [-0.15, -0.1) is 5.10 Å². The molecule has 1 aliphatic rings. The maximum absolute atomic E-state index is 5.65. The minimum absolute atomic E-state index is 0.286. The van der Waals surface area contributed by atoms with Crippen molar-refractivity contribution in [1.82, 2.24) is 30.1 Å². The number of methoxy groups -OCH3 is 1. The number of hydrogen-bond acceptors (Lipinski definition) is 8. The van der Waals surface area contributed by atoms with E-state index in [1.54, 1.807) is 24.2 Å². The third-order valence-corrected chi connectivity index (χ3v) is 4.63. The first-order valence-corrected chi connectivity index (χ1v) is 9.28. The molecule has 146 valence electrons. The van der Waals surface area contributed by atoms with E-state index in [2.05, 4.69) is 25.4 Å². The van der Waals surface area contributed by atoms with E-state index in [1.807, 2.05) is 36.4 Å². The molecule has 1 fully saturated rings. The van der Waals surface area contributed by atoms with E-state index < -0.39 is 0 Å². The van der Waals surface area contributed by atoms with Crippen molar-refractivity contribution >= 4 is 0 Å².